The van der Waals surface area contributed by atoms with Crippen molar-refractivity contribution in [2.24, 2.45) is 0 Å². The number of aromatic nitrogens is 3. The van der Waals surface area contributed by atoms with Gasteiger partial charge < -0.3 is 4.90 Å². The van der Waals surface area contributed by atoms with Crippen molar-refractivity contribution in [3.8, 4) is 5.82 Å². The number of hydrogen-bond acceptors (Lipinski definition) is 4. The van der Waals surface area contributed by atoms with Crippen LogP contribution in [0.2, 0.25) is 0 Å². The van der Waals surface area contributed by atoms with Crippen molar-refractivity contribution < 1.29 is 4.79 Å². The first-order valence-corrected chi connectivity index (χ1v) is 9.00. The summed E-state index contributed by atoms with van der Waals surface area (Å²) in [6, 6.07) is 5.72. The zero-order valence-electron chi connectivity index (χ0n) is 13.8. The Hall–Kier alpha value is -1.82. The summed E-state index contributed by atoms with van der Waals surface area (Å²) in [7, 11) is 0. The SMILES string of the molecule is Cc1cc(C)n(-c2ccc(C(=O)N3CCS[C@@H](C)CC3)cn2)n1. The molecule has 0 aromatic carbocycles. The van der Waals surface area contributed by atoms with Crippen LogP contribution in [-0.4, -0.2) is 49.7 Å². The van der Waals surface area contributed by atoms with Gasteiger partial charge in [0.15, 0.2) is 5.82 Å². The molecule has 0 bridgehead atoms. The van der Waals surface area contributed by atoms with Crippen molar-refractivity contribution in [2.75, 3.05) is 18.8 Å². The van der Waals surface area contributed by atoms with Crippen molar-refractivity contribution in [1.82, 2.24) is 19.7 Å². The maximum atomic E-state index is 12.6. The lowest BCUT2D eigenvalue weighted by Gasteiger charge is -2.20. The summed E-state index contributed by atoms with van der Waals surface area (Å²) in [4.78, 5) is 19.0. The molecular weight excluding hydrogens is 308 g/mol. The summed E-state index contributed by atoms with van der Waals surface area (Å²) in [6.45, 7) is 7.82. The summed E-state index contributed by atoms with van der Waals surface area (Å²) in [6.07, 6.45) is 2.71. The van der Waals surface area contributed by atoms with E-state index in [1.54, 1.807) is 10.9 Å². The highest BCUT2D eigenvalue weighted by Crippen LogP contribution is 2.20. The lowest BCUT2D eigenvalue weighted by Crippen LogP contribution is -2.33. The zero-order valence-corrected chi connectivity index (χ0v) is 14.6. The van der Waals surface area contributed by atoms with E-state index in [2.05, 4.69) is 17.0 Å². The largest absolute Gasteiger partial charge is 0.338 e. The fourth-order valence-electron chi connectivity index (χ4n) is 2.78. The number of pyridine rings is 1. The number of rotatable bonds is 2. The fourth-order valence-corrected chi connectivity index (χ4v) is 3.78. The van der Waals surface area contributed by atoms with Gasteiger partial charge in [-0.05, 0) is 38.5 Å². The van der Waals surface area contributed by atoms with E-state index < -0.39 is 0 Å². The Labute approximate surface area is 141 Å². The van der Waals surface area contributed by atoms with Gasteiger partial charge in [-0.1, -0.05) is 6.92 Å². The van der Waals surface area contributed by atoms with E-state index >= 15 is 0 Å². The average Bonchev–Trinajstić information content (AvgIpc) is 2.74. The van der Waals surface area contributed by atoms with Crippen LogP contribution >= 0.6 is 11.8 Å². The number of thioether (sulfide) groups is 1. The smallest absolute Gasteiger partial charge is 0.255 e. The third kappa shape index (κ3) is 3.58. The first-order valence-electron chi connectivity index (χ1n) is 7.95. The molecule has 3 rings (SSSR count). The van der Waals surface area contributed by atoms with Crippen LogP contribution in [0.25, 0.3) is 5.82 Å². The Morgan fingerprint density at radius 1 is 1.30 bits per heavy atom. The normalized spacial score (nSPS) is 18.7. The second kappa shape index (κ2) is 6.74. The van der Waals surface area contributed by atoms with Crippen molar-refractivity contribution in [3.63, 3.8) is 0 Å². The van der Waals surface area contributed by atoms with E-state index in [9.17, 15) is 4.79 Å². The first-order chi connectivity index (χ1) is 11.0. The summed E-state index contributed by atoms with van der Waals surface area (Å²) in [5.74, 6) is 1.82. The second-order valence-corrected chi connectivity index (χ2v) is 7.55. The molecule has 0 spiro atoms. The van der Waals surface area contributed by atoms with Gasteiger partial charge in [0.05, 0.1) is 11.3 Å². The summed E-state index contributed by atoms with van der Waals surface area (Å²) in [5.41, 5.74) is 2.64. The summed E-state index contributed by atoms with van der Waals surface area (Å²) in [5, 5.41) is 5.05. The molecule has 1 saturated heterocycles. The van der Waals surface area contributed by atoms with Gasteiger partial charge in [0.2, 0.25) is 0 Å². The number of hydrogen-bond donors (Lipinski definition) is 0. The van der Waals surface area contributed by atoms with E-state index in [4.69, 9.17) is 0 Å². The van der Waals surface area contributed by atoms with E-state index in [-0.39, 0.29) is 5.91 Å². The first kappa shape index (κ1) is 16.1. The Kier molecular flexibility index (Phi) is 4.71. The summed E-state index contributed by atoms with van der Waals surface area (Å²) >= 11 is 1.94. The van der Waals surface area contributed by atoms with E-state index in [0.29, 0.717) is 10.8 Å². The maximum absolute atomic E-state index is 12.6. The highest BCUT2D eigenvalue weighted by atomic mass is 32.2. The maximum Gasteiger partial charge on any atom is 0.255 e. The van der Waals surface area contributed by atoms with Crippen LogP contribution in [-0.2, 0) is 0 Å². The highest BCUT2D eigenvalue weighted by molar-refractivity contribution is 7.99. The summed E-state index contributed by atoms with van der Waals surface area (Å²) < 4.78 is 1.80. The fraction of sp³-hybridized carbons (Fsp3) is 0.471. The minimum atomic E-state index is 0.0760. The van der Waals surface area contributed by atoms with Crippen LogP contribution in [0.3, 0.4) is 0 Å². The van der Waals surface area contributed by atoms with Crippen LogP contribution in [0.4, 0.5) is 0 Å². The minimum Gasteiger partial charge on any atom is -0.338 e. The molecule has 1 atom stereocenters. The molecule has 6 heteroatoms. The molecule has 2 aromatic heterocycles. The third-order valence-electron chi connectivity index (χ3n) is 4.08. The van der Waals surface area contributed by atoms with Crippen molar-refractivity contribution in [1.29, 1.82) is 0 Å². The highest BCUT2D eigenvalue weighted by Gasteiger charge is 2.20. The minimum absolute atomic E-state index is 0.0760. The Bertz CT molecular complexity index is 695. The number of nitrogens with zero attached hydrogens (tertiary/aromatic N) is 4. The molecule has 3 heterocycles. The molecular formula is C17H22N4OS. The number of carbonyl (C=O) groups excluding carboxylic acids is 1. The molecule has 0 unspecified atom stereocenters. The van der Waals surface area contributed by atoms with Crippen LogP contribution in [0.5, 0.6) is 0 Å². The predicted octanol–water partition coefficient (Wildman–Crippen LogP) is 2.85. The van der Waals surface area contributed by atoms with E-state index in [1.807, 2.05) is 48.7 Å². The van der Waals surface area contributed by atoms with Crippen LogP contribution < -0.4 is 0 Å². The number of aryl methyl sites for hydroxylation is 2. The van der Waals surface area contributed by atoms with Gasteiger partial charge in [-0.2, -0.15) is 16.9 Å². The van der Waals surface area contributed by atoms with Gasteiger partial charge in [-0.25, -0.2) is 9.67 Å². The average molecular weight is 330 g/mol. The van der Waals surface area contributed by atoms with Crippen molar-refractivity contribution in [3.05, 3.63) is 41.3 Å². The molecule has 122 valence electrons. The monoisotopic (exact) mass is 330 g/mol. The molecule has 1 fully saturated rings. The topological polar surface area (TPSA) is 51.0 Å². The second-order valence-electron chi connectivity index (χ2n) is 6.01. The molecule has 1 amide bonds. The molecule has 0 saturated carbocycles. The van der Waals surface area contributed by atoms with E-state index in [0.717, 1.165) is 42.5 Å². The van der Waals surface area contributed by atoms with Crippen LogP contribution in [0, 0.1) is 13.8 Å². The van der Waals surface area contributed by atoms with Gasteiger partial charge in [0.25, 0.3) is 5.91 Å². The molecule has 0 N–H and O–H groups in total. The predicted molar refractivity (Wildman–Crippen MR) is 93.3 cm³/mol. The standard InChI is InChI=1S/C17H22N4OS/c1-12-10-13(2)21(19-12)16-5-4-15(11-18-16)17(22)20-7-6-14(3)23-9-8-20/h4-5,10-11,14H,6-9H2,1-3H3/t14-/m0/s1. The molecule has 5 nitrogen and oxygen atoms in total. The van der Waals surface area contributed by atoms with Gasteiger partial charge in [-0.15, -0.1) is 0 Å². The Morgan fingerprint density at radius 3 is 2.78 bits per heavy atom. The molecule has 1 aliphatic rings. The molecule has 0 radical (unpaired) electrons. The molecule has 1 aliphatic heterocycles. The zero-order chi connectivity index (χ0) is 16.4. The lowest BCUT2D eigenvalue weighted by molar-refractivity contribution is 0.0766. The Morgan fingerprint density at radius 2 is 2.13 bits per heavy atom. The third-order valence-corrected chi connectivity index (χ3v) is 5.30. The van der Waals surface area contributed by atoms with Crippen LogP contribution in [0.15, 0.2) is 24.4 Å². The molecule has 2 aromatic rings. The van der Waals surface area contributed by atoms with Gasteiger partial charge in [0, 0.05) is 36.0 Å². The quantitative estimate of drug-likeness (QED) is 0.849. The number of carbonyl (C=O) groups is 1. The van der Waals surface area contributed by atoms with Crippen molar-refractivity contribution >= 4 is 17.7 Å². The lowest BCUT2D eigenvalue weighted by atomic mass is 10.2. The van der Waals surface area contributed by atoms with Gasteiger partial charge in [-0.3, -0.25) is 4.79 Å². The number of amides is 1. The molecule has 0 aliphatic carbocycles. The van der Waals surface area contributed by atoms with Crippen molar-refractivity contribution in [2.45, 2.75) is 32.4 Å². The van der Waals surface area contributed by atoms with E-state index in [1.165, 1.54) is 0 Å². The van der Waals surface area contributed by atoms with Crippen LogP contribution in [0.1, 0.15) is 35.1 Å². The molecule has 23 heavy (non-hydrogen) atoms. The van der Waals surface area contributed by atoms with Gasteiger partial charge >= 0.3 is 0 Å². The Balaban J connectivity index is 1.76. The van der Waals surface area contributed by atoms with Gasteiger partial charge in [0.1, 0.15) is 0 Å².